The fraction of sp³-hybridized carbons (Fsp3) is 0.391. The molecular formula is C23H24O7. The molecule has 2 fully saturated rings. The maximum atomic E-state index is 12.7. The summed E-state index contributed by atoms with van der Waals surface area (Å²) in [6.45, 7) is 5.11. The first kappa shape index (κ1) is 20.5. The Kier molecular flexibility index (Phi) is 5.36. The van der Waals surface area contributed by atoms with Crippen LogP contribution >= 0.6 is 0 Å². The predicted octanol–water partition coefficient (Wildman–Crippen LogP) is 3.34. The molecular weight excluding hydrogens is 388 g/mol. The second-order valence-electron chi connectivity index (χ2n) is 8.03. The van der Waals surface area contributed by atoms with E-state index in [0.717, 1.165) is 0 Å². The highest BCUT2D eigenvalue weighted by Gasteiger charge is 2.62. The normalized spacial score (nSPS) is 29.2. The number of fused-ring (bicyclic) bond motifs is 1. The Balaban J connectivity index is 1.52. The SMILES string of the molecule is CC1(C)OC2OC(C)(COC(=O)c3ccccc3)C(OC(=O)c3ccccc3)C2O1. The molecule has 2 heterocycles. The lowest BCUT2D eigenvalue weighted by Gasteiger charge is -2.32. The third-order valence-electron chi connectivity index (χ3n) is 5.12. The van der Waals surface area contributed by atoms with Gasteiger partial charge in [-0.3, -0.25) is 0 Å². The molecule has 158 valence electrons. The number of ether oxygens (including phenoxy) is 5. The molecule has 2 aliphatic rings. The van der Waals surface area contributed by atoms with E-state index in [1.807, 2.05) is 12.1 Å². The molecule has 0 amide bonds. The molecule has 2 aromatic carbocycles. The highest BCUT2D eigenvalue weighted by atomic mass is 16.8. The molecule has 2 aromatic rings. The van der Waals surface area contributed by atoms with Gasteiger partial charge < -0.3 is 23.7 Å². The molecule has 0 N–H and O–H groups in total. The van der Waals surface area contributed by atoms with E-state index in [0.29, 0.717) is 11.1 Å². The topological polar surface area (TPSA) is 80.3 Å². The first-order valence-corrected chi connectivity index (χ1v) is 9.79. The van der Waals surface area contributed by atoms with Crippen LogP contribution in [0.1, 0.15) is 41.5 Å². The monoisotopic (exact) mass is 412 g/mol. The molecule has 4 atom stereocenters. The summed E-state index contributed by atoms with van der Waals surface area (Å²) < 4.78 is 29.1. The molecule has 4 unspecified atom stereocenters. The number of esters is 2. The van der Waals surface area contributed by atoms with Gasteiger partial charge in [0.25, 0.3) is 0 Å². The van der Waals surface area contributed by atoms with E-state index >= 15 is 0 Å². The molecule has 0 radical (unpaired) electrons. The van der Waals surface area contributed by atoms with Gasteiger partial charge in [0.1, 0.15) is 12.2 Å². The van der Waals surface area contributed by atoms with Gasteiger partial charge >= 0.3 is 11.9 Å². The van der Waals surface area contributed by atoms with Gasteiger partial charge in [-0.2, -0.15) is 0 Å². The Morgan fingerprint density at radius 2 is 1.40 bits per heavy atom. The van der Waals surface area contributed by atoms with Gasteiger partial charge in [0.2, 0.25) is 0 Å². The van der Waals surface area contributed by atoms with E-state index in [1.165, 1.54) is 0 Å². The summed E-state index contributed by atoms with van der Waals surface area (Å²) in [4.78, 5) is 25.1. The van der Waals surface area contributed by atoms with Crippen molar-refractivity contribution in [2.45, 2.75) is 50.7 Å². The number of hydrogen-bond acceptors (Lipinski definition) is 7. The zero-order valence-corrected chi connectivity index (χ0v) is 17.1. The minimum absolute atomic E-state index is 0.131. The third-order valence-corrected chi connectivity index (χ3v) is 5.12. The maximum absolute atomic E-state index is 12.7. The van der Waals surface area contributed by atoms with Gasteiger partial charge in [-0.25, -0.2) is 9.59 Å². The van der Waals surface area contributed by atoms with Gasteiger partial charge in [0.15, 0.2) is 24.3 Å². The Morgan fingerprint density at radius 1 is 0.833 bits per heavy atom. The largest absolute Gasteiger partial charge is 0.459 e. The number of carbonyl (C=O) groups excluding carboxylic acids is 2. The van der Waals surface area contributed by atoms with Crippen molar-refractivity contribution >= 4 is 11.9 Å². The van der Waals surface area contributed by atoms with E-state index in [2.05, 4.69) is 0 Å². The van der Waals surface area contributed by atoms with Crippen molar-refractivity contribution in [1.82, 2.24) is 0 Å². The van der Waals surface area contributed by atoms with Crippen LogP contribution in [0.3, 0.4) is 0 Å². The van der Waals surface area contributed by atoms with E-state index in [9.17, 15) is 9.59 Å². The number of rotatable bonds is 5. The summed E-state index contributed by atoms with van der Waals surface area (Å²) in [5.41, 5.74) is -0.311. The van der Waals surface area contributed by atoms with E-state index in [-0.39, 0.29) is 6.61 Å². The van der Waals surface area contributed by atoms with Crippen LogP contribution in [0, 0.1) is 0 Å². The van der Waals surface area contributed by atoms with Gasteiger partial charge in [-0.05, 0) is 45.0 Å². The van der Waals surface area contributed by atoms with Gasteiger partial charge in [-0.15, -0.1) is 0 Å². The Labute approximate surface area is 174 Å². The van der Waals surface area contributed by atoms with Crippen LogP contribution in [0.2, 0.25) is 0 Å². The lowest BCUT2D eigenvalue weighted by atomic mass is 9.98. The van der Waals surface area contributed by atoms with Crippen molar-refractivity contribution in [3.63, 3.8) is 0 Å². The van der Waals surface area contributed by atoms with Crippen LogP contribution in [0.5, 0.6) is 0 Å². The molecule has 0 spiro atoms. The highest BCUT2D eigenvalue weighted by Crippen LogP contribution is 2.44. The summed E-state index contributed by atoms with van der Waals surface area (Å²) >= 11 is 0. The van der Waals surface area contributed by atoms with E-state index < -0.39 is 41.8 Å². The van der Waals surface area contributed by atoms with Gasteiger partial charge in [0.05, 0.1) is 11.1 Å². The minimum atomic E-state index is -1.14. The van der Waals surface area contributed by atoms with Gasteiger partial charge in [-0.1, -0.05) is 36.4 Å². The fourth-order valence-electron chi connectivity index (χ4n) is 3.67. The fourth-order valence-corrected chi connectivity index (χ4v) is 3.67. The number of carbonyl (C=O) groups is 2. The Bertz CT molecular complexity index is 912. The highest BCUT2D eigenvalue weighted by molar-refractivity contribution is 5.90. The summed E-state index contributed by atoms with van der Waals surface area (Å²) in [5.74, 6) is -1.89. The summed E-state index contributed by atoms with van der Waals surface area (Å²) in [5, 5.41) is 0. The molecule has 0 aliphatic carbocycles. The van der Waals surface area contributed by atoms with Crippen LogP contribution in [0.15, 0.2) is 60.7 Å². The molecule has 7 heteroatoms. The molecule has 4 rings (SSSR count). The number of hydrogen-bond donors (Lipinski definition) is 0. The summed E-state index contributed by atoms with van der Waals surface area (Å²) in [6.07, 6.45) is -2.22. The van der Waals surface area contributed by atoms with Crippen LogP contribution in [0.4, 0.5) is 0 Å². The molecule has 0 bridgehead atoms. The zero-order valence-electron chi connectivity index (χ0n) is 17.1. The predicted molar refractivity (Wildman–Crippen MR) is 106 cm³/mol. The van der Waals surface area contributed by atoms with Crippen molar-refractivity contribution < 1.29 is 33.3 Å². The van der Waals surface area contributed by atoms with Crippen molar-refractivity contribution in [2.24, 2.45) is 0 Å². The molecule has 0 aromatic heterocycles. The minimum Gasteiger partial charge on any atom is -0.459 e. The first-order valence-electron chi connectivity index (χ1n) is 9.79. The Hall–Kier alpha value is -2.74. The van der Waals surface area contributed by atoms with Crippen molar-refractivity contribution in [2.75, 3.05) is 6.61 Å². The maximum Gasteiger partial charge on any atom is 0.338 e. The zero-order chi connectivity index (χ0) is 21.4. The molecule has 2 aliphatic heterocycles. The van der Waals surface area contributed by atoms with E-state index in [4.69, 9.17) is 23.7 Å². The molecule has 7 nitrogen and oxygen atoms in total. The second-order valence-corrected chi connectivity index (χ2v) is 8.03. The van der Waals surface area contributed by atoms with Crippen molar-refractivity contribution in [3.05, 3.63) is 71.8 Å². The van der Waals surface area contributed by atoms with Crippen LogP contribution in [-0.2, 0) is 23.7 Å². The average Bonchev–Trinajstić information content (AvgIpc) is 3.16. The first-order chi connectivity index (χ1) is 14.3. The van der Waals surface area contributed by atoms with E-state index in [1.54, 1.807) is 69.3 Å². The van der Waals surface area contributed by atoms with Crippen molar-refractivity contribution in [3.8, 4) is 0 Å². The van der Waals surface area contributed by atoms with Crippen molar-refractivity contribution in [1.29, 1.82) is 0 Å². The Morgan fingerprint density at radius 3 is 2.00 bits per heavy atom. The standard InChI is InChI=1S/C23H24O7/c1-22(2)28-17-18(27-20(25)16-12-8-5-9-13-16)23(3,30-21(17)29-22)14-26-19(24)15-10-6-4-7-11-15/h4-13,17-18,21H,14H2,1-3H3. The van der Waals surface area contributed by atoms with Gasteiger partial charge in [0, 0.05) is 0 Å². The number of benzene rings is 2. The molecule has 0 saturated carbocycles. The molecule has 2 saturated heterocycles. The van der Waals surface area contributed by atoms with Crippen LogP contribution < -0.4 is 0 Å². The summed E-state index contributed by atoms with van der Waals surface area (Å²) in [7, 11) is 0. The lowest BCUT2D eigenvalue weighted by molar-refractivity contribution is -0.241. The average molecular weight is 412 g/mol. The molecule has 30 heavy (non-hydrogen) atoms. The lowest BCUT2D eigenvalue weighted by Crippen LogP contribution is -2.49. The van der Waals surface area contributed by atoms with Crippen LogP contribution in [-0.4, -0.2) is 48.4 Å². The quantitative estimate of drug-likeness (QED) is 0.697. The van der Waals surface area contributed by atoms with Crippen LogP contribution in [0.25, 0.3) is 0 Å². The summed E-state index contributed by atoms with van der Waals surface area (Å²) in [6, 6.07) is 17.3. The second kappa shape index (κ2) is 7.83. The third kappa shape index (κ3) is 4.09. The smallest absolute Gasteiger partial charge is 0.338 e.